The van der Waals surface area contributed by atoms with Crippen molar-refractivity contribution in [3.8, 4) is 17.2 Å². The lowest BCUT2D eigenvalue weighted by Gasteiger charge is -2.18. The van der Waals surface area contributed by atoms with E-state index in [0.29, 0.717) is 11.4 Å². The van der Waals surface area contributed by atoms with E-state index in [0.717, 1.165) is 16.9 Å². The summed E-state index contributed by atoms with van der Waals surface area (Å²) in [6, 6.07) is 23.8. The van der Waals surface area contributed by atoms with E-state index in [-0.39, 0.29) is 47.4 Å². The van der Waals surface area contributed by atoms with E-state index in [2.05, 4.69) is 19.9 Å². The Morgan fingerprint density at radius 3 is 2.17 bits per heavy atom. The number of Topliss-reactive ketones (excluding diaryl/α,β-unsaturated/α-hetero) is 1. The van der Waals surface area contributed by atoms with Crippen LogP contribution >= 0.6 is 0 Å². The van der Waals surface area contributed by atoms with Gasteiger partial charge in [0.05, 0.1) is 16.4 Å². The first-order chi connectivity index (χ1) is 22.5. The van der Waals surface area contributed by atoms with Crippen LogP contribution < -0.4 is 14.4 Å². The Hall–Kier alpha value is -5.84. The molecule has 1 fully saturated rings. The zero-order valence-corrected chi connectivity index (χ0v) is 26.0. The van der Waals surface area contributed by atoms with Crippen LogP contribution in [0.3, 0.4) is 0 Å². The van der Waals surface area contributed by atoms with Gasteiger partial charge in [-0.05, 0) is 90.7 Å². The highest BCUT2D eigenvalue weighted by molar-refractivity contribution is 6.01. The number of nitro benzene ring substituents is 1. The Kier molecular flexibility index (Phi) is 9.74. The average molecular weight is 637 g/mol. The molecular formula is C36H32N2O9. The van der Waals surface area contributed by atoms with Crippen molar-refractivity contribution in [1.29, 1.82) is 0 Å². The number of nitrogens with zero attached hydrogens (tertiary/aromatic N) is 2. The zero-order chi connectivity index (χ0) is 33.7. The number of carbonyl (C=O) groups excluding carboxylic acids is 4. The molecule has 1 aliphatic rings. The second kappa shape index (κ2) is 14.1. The number of ether oxygens (including phenoxy) is 3. The lowest BCUT2D eigenvalue weighted by molar-refractivity contribution is -0.384. The van der Waals surface area contributed by atoms with E-state index in [1.165, 1.54) is 53.4 Å². The van der Waals surface area contributed by atoms with E-state index in [1.807, 2.05) is 19.1 Å². The maximum absolute atomic E-state index is 12.8. The van der Waals surface area contributed by atoms with Crippen LogP contribution in [0.2, 0.25) is 0 Å². The predicted octanol–water partition coefficient (Wildman–Crippen LogP) is 6.82. The van der Waals surface area contributed by atoms with Crippen molar-refractivity contribution in [2.75, 3.05) is 18.1 Å². The molecule has 11 heteroatoms. The molecule has 5 rings (SSSR count). The van der Waals surface area contributed by atoms with Gasteiger partial charge in [-0.1, -0.05) is 26.0 Å². The summed E-state index contributed by atoms with van der Waals surface area (Å²) in [4.78, 5) is 62.3. The largest absolute Gasteiger partial charge is 0.457 e. The molecule has 0 bridgehead atoms. The maximum Gasteiger partial charge on any atom is 0.343 e. The lowest BCUT2D eigenvalue weighted by atomic mass is 10.0. The third kappa shape index (κ3) is 7.88. The Morgan fingerprint density at radius 1 is 0.894 bits per heavy atom. The first-order valence-electron chi connectivity index (χ1n) is 14.9. The molecule has 0 unspecified atom stereocenters. The van der Waals surface area contributed by atoms with Gasteiger partial charge in [0.25, 0.3) is 5.69 Å². The molecule has 1 aliphatic heterocycles. The smallest absolute Gasteiger partial charge is 0.343 e. The summed E-state index contributed by atoms with van der Waals surface area (Å²) in [6.45, 7) is 5.81. The fourth-order valence-corrected chi connectivity index (χ4v) is 5.07. The summed E-state index contributed by atoms with van der Waals surface area (Å²) in [7, 11) is 0. The molecule has 0 spiro atoms. The van der Waals surface area contributed by atoms with Gasteiger partial charge < -0.3 is 19.1 Å². The van der Waals surface area contributed by atoms with Crippen molar-refractivity contribution in [3.05, 3.63) is 123 Å². The van der Waals surface area contributed by atoms with Crippen LogP contribution in [0, 0.1) is 23.0 Å². The molecule has 1 amide bonds. The van der Waals surface area contributed by atoms with Crippen LogP contribution in [-0.2, 0) is 14.3 Å². The van der Waals surface area contributed by atoms with E-state index < -0.39 is 35.2 Å². The molecule has 0 aromatic heterocycles. The molecule has 11 nitrogen and oxygen atoms in total. The number of carbonyl (C=O) groups is 4. The van der Waals surface area contributed by atoms with Crippen molar-refractivity contribution in [3.63, 3.8) is 0 Å². The third-order valence-electron chi connectivity index (χ3n) is 7.67. The summed E-state index contributed by atoms with van der Waals surface area (Å²) in [5, 5.41) is 10.8. The lowest BCUT2D eigenvalue weighted by Crippen LogP contribution is -2.27. The summed E-state index contributed by atoms with van der Waals surface area (Å²) in [5.74, 6) is -0.962. The first kappa shape index (κ1) is 32.6. The van der Waals surface area contributed by atoms with Crippen molar-refractivity contribution >= 4 is 35.0 Å². The van der Waals surface area contributed by atoms with E-state index in [1.54, 1.807) is 24.3 Å². The van der Waals surface area contributed by atoms with Gasteiger partial charge in [-0.3, -0.25) is 24.5 Å². The van der Waals surface area contributed by atoms with Crippen molar-refractivity contribution < 1.29 is 38.3 Å². The quantitative estimate of drug-likeness (QED) is 0.0570. The minimum Gasteiger partial charge on any atom is -0.457 e. The molecular weight excluding hydrogens is 604 g/mol. The first-order valence-corrected chi connectivity index (χ1v) is 14.9. The number of non-ortho nitro benzene ring substituents is 1. The van der Waals surface area contributed by atoms with Gasteiger partial charge in [-0.25, -0.2) is 4.79 Å². The standard InChI is InChI=1S/C36H32N2O9/c1-22(2)31-17-4-23(3)18-33(31)46-29-15-11-27(12-16-29)37-20-26(19-34(37)40)35(41)45-21-32(39)24-7-13-30(14-8-24)47-36(42)25-5-9-28(10-6-25)38(43)44/h4-18,22,26H,19-21H2,1-3H3/t26-/m1/s1. The van der Waals surface area contributed by atoms with Gasteiger partial charge in [0.15, 0.2) is 12.4 Å². The molecule has 0 saturated carbocycles. The predicted molar refractivity (Wildman–Crippen MR) is 172 cm³/mol. The molecule has 240 valence electrons. The van der Waals surface area contributed by atoms with E-state index in [4.69, 9.17) is 14.2 Å². The number of rotatable bonds is 11. The number of aryl methyl sites for hydroxylation is 1. The second-order valence-corrected chi connectivity index (χ2v) is 11.4. The van der Waals surface area contributed by atoms with Crippen LogP contribution in [0.25, 0.3) is 0 Å². The minimum absolute atomic E-state index is 0.0405. The fourth-order valence-electron chi connectivity index (χ4n) is 5.07. The number of amides is 1. The Morgan fingerprint density at radius 2 is 1.53 bits per heavy atom. The number of ketones is 1. The number of hydrogen-bond acceptors (Lipinski definition) is 9. The minimum atomic E-state index is -0.728. The van der Waals surface area contributed by atoms with Gasteiger partial charge >= 0.3 is 11.9 Å². The highest BCUT2D eigenvalue weighted by atomic mass is 16.6. The number of hydrogen-bond donors (Lipinski definition) is 0. The van der Waals surface area contributed by atoms with Crippen LogP contribution in [0.1, 0.15) is 58.0 Å². The number of benzene rings is 4. The molecule has 1 heterocycles. The summed E-state index contributed by atoms with van der Waals surface area (Å²) < 4.78 is 16.7. The molecule has 0 radical (unpaired) electrons. The topological polar surface area (TPSA) is 142 Å². The molecule has 1 saturated heterocycles. The molecule has 1 atom stereocenters. The molecule has 4 aromatic carbocycles. The summed E-state index contributed by atoms with van der Waals surface area (Å²) in [5.41, 5.74) is 2.99. The second-order valence-electron chi connectivity index (χ2n) is 11.4. The maximum atomic E-state index is 12.8. The molecule has 47 heavy (non-hydrogen) atoms. The van der Waals surface area contributed by atoms with E-state index in [9.17, 15) is 29.3 Å². The average Bonchev–Trinajstić information content (AvgIpc) is 3.45. The number of nitro groups is 1. The highest BCUT2D eigenvalue weighted by Gasteiger charge is 2.36. The Bertz CT molecular complexity index is 1820. The van der Waals surface area contributed by atoms with Gasteiger partial charge in [0, 0.05) is 36.3 Å². The zero-order valence-electron chi connectivity index (χ0n) is 26.0. The van der Waals surface area contributed by atoms with Crippen molar-refractivity contribution in [1.82, 2.24) is 0 Å². The SMILES string of the molecule is Cc1ccc(C(C)C)c(Oc2ccc(N3C[C@H](C(=O)OCC(=O)c4ccc(OC(=O)c5ccc([N+](=O)[O-])cc5)cc4)CC3=O)cc2)c1. The monoisotopic (exact) mass is 636 g/mol. The van der Waals surface area contributed by atoms with E-state index >= 15 is 0 Å². The normalized spacial score (nSPS) is 14.2. The summed E-state index contributed by atoms with van der Waals surface area (Å²) >= 11 is 0. The van der Waals surface area contributed by atoms with Gasteiger partial charge in [-0.15, -0.1) is 0 Å². The van der Waals surface area contributed by atoms with Crippen LogP contribution in [0.5, 0.6) is 17.2 Å². The van der Waals surface area contributed by atoms with Gasteiger partial charge in [0.2, 0.25) is 5.91 Å². The van der Waals surface area contributed by atoms with Crippen molar-refractivity contribution in [2.45, 2.75) is 33.1 Å². The van der Waals surface area contributed by atoms with Crippen LogP contribution in [0.4, 0.5) is 11.4 Å². The van der Waals surface area contributed by atoms with Gasteiger partial charge in [0.1, 0.15) is 17.2 Å². The molecule has 0 N–H and O–H groups in total. The third-order valence-corrected chi connectivity index (χ3v) is 7.67. The molecule has 0 aliphatic carbocycles. The van der Waals surface area contributed by atoms with Gasteiger partial charge in [-0.2, -0.15) is 0 Å². The number of esters is 2. The van der Waals surface area contributed by atoms with Crippen molar-refractivity contribution in [2.24, 2.45) is 5.92 Å². The van der Waals surface area contributed by atoms with Crippen LogP contribution in [0.15, 0.2) is 91.0 Å². The Balaban J connectivity index is 1.12. The highest BCUT2D eigenvalue weighted by Crippen LogP contribution is 2.33. The Labute approximate surface area is 270 Å². The fraction of sp³-hybridized carbons (Fsp3) is 0.222. The number of anilines is 1. The van der Waals surface area contributed by atoms with Crippen LogP contribution in [-0.4, -0.2) is 41.7 Å². The molecule has 4 aromatic rings. The summed E-state index contributed by atoms with van der Waals surface area (Å²) in [6.07, 6.45) is -0.0405.